The van der Waals surface area contributed by atoms with Gasteiger partial charge in [0.15, 0.2) is 0 Å². The smallest absolute Gasteiger partial charge is 0.253 e. The monoisotopic (exact) mass is 439 g/mol. The summed E-state index contributed by atoms with van der Waals surface area (Å²) in [5.41, 5.74) is 2.49. The number of hydrogen-bond donors (Lipinski definition) is 2. The van der Waals surface area contributed by atoms with Crippen LogP contribution in [-0.2, 0) is 4.79 Å². The first kappa shape index (κ1) is 20.3. The van der Waals surface area contributed by atoms with Gasteiger partial charge in [-0.3, -0.25) is 9.78 Å². The predicted molar refractivity (Wildman–Crippen MR) is 117 cm³/mol. The van der Waals surface area contributed by atoms with E-state index in [0.29, 0.717) is 28.6 Å². The zero-order valence-corrected chi connectivity index (χ0v) is 17.6. The van der Waals surface area contributed by atoms with Gasteiger partial charge in [0.1, 0.15) is 17.1 Å². The number of hydrogen-bond acceptors (Lipinski definition) is 4. The van der Waals surface area contributed by atoms with E-state index in [1.54, 1.807) is 30.5 Å². The van der Waals surface area contributed by atoms with Gasteiger partial charge in [-0.2, -0.15) is 0 Å². The third-order valence-electron chi connectivity index (χ3n) is 6.94. The molecule has 160 valence electrons. The minimum atomic E-state index is -1.05. The molecule has 2 aromatic heterocycles. The summed E-state index contributed by atoms with van der Waals surface area (Å²) in [6.07, 6.45) is 5.86. The average Bonchev–Trinajstić information content (AvgIpc) is 3.33. The lowest BCUT2D eigenvalue weighted by Crippen LogP contribution is -2.33. The fraction of sp³-hybridized carbons (Fsp3) is 0.375. The van der Waals surface area contributed by atoms with E-state index >= 15 is 0 Å². The molecule has 2 saturated carbocycles. The molecule has 2 N–H and O–H groups in total. The average molecular weight is 440 g/mol. The lowest BCUT2D eigenvalue weighted by molar-refractivity contribution is -0.126. The van der Waals surface area contributed by atoms with E-state index in [0.717, 1.165) is 42.1 Å². The second kappa shape index (κ2) is 8.17. The summed E-state index contributed by atoms with van der Waals surface area (Å²) in [6.45, 7) is 0. The van der Waals surface area contributed by atoms with Gasteiger partial charge in [-0.15, -0.1) is 0 Å². The molecule has 0 spiro atoms. The molecule has 2 unspecified atom stereocenters. The van der Waals surface area contributed by atoms with E-state index in [-0.39, 0.29) is 11.7 Å². The zero-order valence-electron chi connectivity index (χ0n) is 16.8. The fourth-order valence-electron chi connectivity index (χ4n) is 5.55. The number of nitrogens with one attached hydrogen (secondary N) is 1. The molecule has 31 heavy (non-hydrogen) atoms. The van der Waals surface area contributed by atoms with Gasteiger partial charge in [0.05, 0.1) is 17.4 Å². The second-order valence-electron chi connectivity index (χ2n) is 8.79. The van der Waals surface area contributed by atoms with Gasteiger partial charge in [0.2, 0.25) is 0 Å². The maximum atomic E-state index is 13.8. The molecule has 7 heteroatoms. The van der Waals surface area contributed by atoms with Crippen molar-refractivity contribution in [3.8, 4) is 0 Å². The number of benzene rings is 1. The van der Waals surface area contributed by atoms with Gasteiger partial charge in [-0.1, -0.05) is 11.6 Å². The minimum absolute atomic E-state index is 0.0529. The van der Waals surface area contributed by atoms with Crippen molar-refractivity contribution in [2.24, 2.45) is 17.8 Å². The van der Waals surface area contributed by atoms with Crippen LogP contribution in [0.1, 0.15) is 37.2 Å². The highest BCUT2D eigenvalue weighted by Crippen LogP contribution is 2.53. The Morgan fingerprint density at radius 3 is 2.58 bits per heavy atom. The van der Waals surface area contributed by atoms with Crippen LogP contribution >= 0.6 is 11.6 Å². The van der Waals surface area contributed by atoms with E-state index in [4.69, 9.17) is 11.6 Å². The van der Waals surface area contributed by atoms with Crippen molar-refractivity contribution < 1.29 is 14.3 Å². The second-order valence-corrected chi connectivity index (χ2v) is 9.17. The first-order chi connectivity index (χ1) is 15.0. The lowest BCUT2D eigenvalue weighted by Gasteiger charge is -2.20. The quantitative estimate of drug-likeness (QED) is 0.564. The third kappa shape index (κ3) is 4.02. The molecule has 5 nitrogen and oxygen atoms in total. The Bertz CT molecular complexity index is 1110. The first-order valence-corrected chi connectivity index (χ1v) is 11.0. The lowest BCUT2D eigenvalue weighted by atomic mass is 9.89. The number of pyridine rings is 2. The number of rotatable bonds is 4. The van der Waals surface area contributed by atoms with Crippen molar-refractivity contribution in [1.82, 2.24) is 9.97 Å². The standard InChI is InChI=1S/C24H23ClFN3O2/c25-22-4-2-18(12-28-22)29-24(31)23(30)16-9-13-7-15(8-14(13)10-16)19-5-6-27-21-3-1-17(26)11-20(19)21/h1-6,11-16,23,30H,7-10H2,(H,29,31)/t13-,14+,15?,16+,23?. The maximum absolute atomic E-state index is 13.8. The number of nitrogens with zero attached hydrogens (tertiary/aromatic N) is 2. The predicted octanol–water partition coefficient (Wildman–Crippen LogP) is 4.94. The summed E-state index contributed by atoms with van der Waals surface area (Å²) >= 11 is 5.77. The topological polar surface area (TPSA) is 75.1 Å². The fourth-order valence-corrected chi connectivity index (χ4v) is 5.66. The summed E-state index contributed by atoms with van der Waals surface area (Å²) in [6, 6.07) is 10.0. The number of carbonyl (C=O) groups is 1. The van der Waals surface area contributed by atoms with E-state index in [9.17, 15) is 14.3 Å². The Labute approximate surface area is 184 Å². The number of halogens is 2. The summed E-state index contributed by atoms with van der Waals surface area (Å²) < 4.78 is 13.8. The van der Waals surface area contributed by atoms with Gasteiger partial charge >= 0.3 is 0 Å². The normalized spacial score (nSPS) is 26.0. The molecule has 0 saturated heterocycles. The van der Waals surface area contributed by atoms with Crippen molar-refractivity contribution in [3.63, 3.8) is 0 Å². The zero-order chi connectivity index (χ0) is 21.5. The minimum Gasteiger partial charge on any atom is -0.383 e. The molecule has 2 heterocycles. The molecule has 0 bridgehead atoms. The number of aliphatic hydroxyl groups excluding tert-OH is 1. The highest BCUT2D eigenvalue weighted by atomic mass is 35.5. The van der Waals surface area contributed by atoms with Crippen molar-refractivity contribution in [2.75, 3.05) is 5.32 Å². The van der Waals surface area contributed by atoms with Crippen LogP contribution < -0.4 is 5.32 Å². The highest BCUT2D eigenvalue weighted by Gasteiger charge is 2.45. The molecule has 1 aromatic carbocycles. The molecule has 2 fully saturated rings. The van der Waals surface area contributed by atoms with Gasteiger partial charge < -0.3 is 10.4 Å². The van der Waals surface area contributed by atoms with Crippen LogP contribution in [0.4, 0.5) is 10.1 Å². The van der Waals surface area contributed by atoms with Gasteiger partial charge in [-0.25, -0.2) is 9.37 Å². The Hall–Kier alpha value is -2.57. The maximum Gasteiger partial charge on any atom is 0.253 e. The van der Waals surface area contributed by atoms with E-state index in [1.165, 1.54) is 12.3 Å². The number of anilines is 1. The molecule has 0 radical (unpaired) electrons. The van der Waals surface area contributed by atoms with Crippen LogP contribution in [0.15, 0.2) is 48.8 Å². The summed E-state index contributed by atoms with van der Waals surface area (Å²) in [5, 5.41) is 14.6. The summed E-state index contributed by atoms with van der Waals surface area (Å²) in [4.78, 5) is 20.8. The Morgan fingerprint density at radius 2 is 1.87 bits per heavy atom. The molecule has 5 atom stereocenters. The Morgan fingerprint density at radius 1 is 1.10 bits per heavy atom. The Kier molecular flexibility index (Phi) is 5.36. The van der Waals surface area contributed by atoms with Crippen molar-refractivity contribution in [3.05, 3.63) is 65.3 Å². The first-order valence-electron chi connectivity index (χ1n) is 10.6. The summed E-state index contributed by atoms with van der Waals surface area (Å²) in [5.74, 6) is 0.585. The van der Waals surface area contributed by atoms with Crippen molar-refractivity contribution in [2.45, 2.75) is 37.7 Å². The van der Waals surface area contributed by atoms with Gasteiger partial charge in [-0.05, 0) is 91.3 Å². The van der Waals surface area contributed by atoms with Crippen molar-refractivity contribution >= 4 is 34.1 Å². The molecule has 3 aromatic rings. The number of aliphatic hydroxyl groups is 1. The molecular weight excluding hydrogens is 417 g/mol. The van der Waals surface area contributed by atoms with E-state index in [1.807, 2.05) is 6.07 Å². The van der Waals surface area contributed by atoms with E-state index < -0.39 is 12.0 Å². The number of amides is 1. The van der Waals surface area contributed by atoms with Gasteiger partial charge in [0.25, 0.3) is 5.91 Å². The van der Waals surface area contributed by atoms with Crippen molar-refractivity contribution in [1.29, 1.82) is 0 Å². The Balaban J connectivity index is 1.24. The SMILES string of the molecule is O=C(Nc1ccc(Cl)nc1)C(O)[C@H]1C[C@H]2CC(c3ccnc4ccc(F)cc34)C[C@H]2C1. The molecule has 0 aliphatic heterocycles. The highest BCUT2D eigenvalue weighted by molar-refractivity contribution is 6.29. The molecule has 1 amide bonds. The number of fused-ring (bicyclic) bond motifs is 2. The largest absolute Gasteiger partial charge is 0.383 e. The van der Waals surface area contributed by atoms with Gasteiger partial charge in [0, 0.05) is 11.6 Å². The molecule has 2 aliphatic carbocycles. The number of aromatic nitrogens is 2. The summed E-state index contributed by atoms with van der Waals surface area (Å²) in [7, 11) is 0. The van der Waals surface area contributed by atoms with Crippen LogP contribution in [0, 0.1) is 23.6 Å². The van der Waals surface area contributed by atoms with Crippen LogP contribution in [0.3, 0.4) is 0 Å². The molecule has 5 rings (SSSR count). The molecule has 2 aliphatic rings. The van der Waals surface area contributed by atoms with Crippen LogP contribution in [0.5, 0.6) is 0 Å². The van der Waals surface area contributed by atoms with Crippen LogP contribution in [0.2, 0.25) is 5.15 Å². The van der Waals surface area contributed by atoms with Crippen LogP contribution in [-0.4, -0.2) is 27.1 Å². The molecular formula is C24H23ClFN3O2. The third-order valence-corrected chi connectivity index (χ3v) is 7.16. The van der Waals surface area contributed by atoms with Crippen LogP contribution in [0.25, 0.3) is 10.9 Å². The number of carbonyl (C=O) groups excluding carboxylic acids is 1. The van der Waals surface area contributed by atoms with E-state index in [2.05, 4.69) is 15.3 Å².